The first-order chi connectivity index (χ1) is 12.1. The van der Waals surface area contributed by atoms with Crippen LogP contribution in [0.2, 0.25) is 0 Å². The molecule has 0 aliphatic carbocycles. The lowest BCUT2D eigenvalue weighted by atomic mass is 10.1. The van der Waals surface area contributed by atoms with Crippen molar-refractivity contribution in [1.29, 1.82) is 0 Å². The van der Waals surface area contributed by atoms with Gasteiger partial charge in [-0.25, -0.2) is 0 Å². The molecule has 1 amide bonds. The van der Waals surface area contributed by atoms with Gasteiger partial charge in [0, 0.05) is 17.8 Å². The molecule has 5 heteroatoms. The van der Waals surface area contributed by atoms with Crippen molar-refractivity contribution in [1.82, 2.24) is 4.90 Å². The van der Waals surface area contributed by atoms with E-state index in [-0.39, 0.29) is 5.91 Å². The van der Waals surface area contributed by atoms with E-state index in [9.17, 15) is 4.79 Å². The fourth-order valence-corrected chi connectivity index (χ4v) is 2.58. The van der Waals surface area contributed by atoms with Crippen LogP contribution in [0.15, 0.2) is 42.5 Å². The smallest absolute Gasteiger partial charge is 0.255 e. The summed E-state index contributed by atoms with van der Waals surface area (Å²) in [5.74, 6) is 0.946. The summed E-state index contributed by atoms with van der Waals surface area (Å²) < 4.78 is 10.4. The Labute approximate surface area is 149 Å². The predicted octanol–water partition coefficient (Wildman–Crippen LogP) is 3.80. The molecule has 0 fully saturated rings. The number of nitrogens with zero attached hydrogens (tertiary/aromatic N) is 1. The number of benzene rings is 2. The predicted molar refractivity (Wildman–Crippen MR) is 101 cm³/mol. The molecular weight excluding hydrogens is 316 g/mol. The van der Waals surface area contributed by atoms with Gasteiger partial charge < -0.3 is 14.8 Å². The van der Waals surface area contributed by atoms with Gasteiger partial charge in [-0.15, -0.1) is 0 Å². The normalized spacial score (nSPS) is 10.6. The van der Waals surface area contributed by atoms with Crippen molar-refractivity contribution in [2.24, 2.45) is 0 Å². The number of hydrogen-bond donors (Lipinski definition) is 1. The van der Waals surface area contributed by atoms with E-state index >= 15 is 0 Å². The summed E-state index contributed by atoms with van der Waals surface area (Å²) in [4.78, 5) is 14.8. The number of ether oxygens (including phenoxy) is 2. The summed E-state index contributed by atoms with van der Waals surface area (Å²) in [6.45, 7) is 7.27. The number of methoxy groups -OCH3 is 2. The van der Waals surface area contributed by atoms with E-state index in [0.717, 1.165) is 25.3 Å². The topological polar surface area (TPSA) is 50.8 Å². The van der Waals surface area contributed by atoms with Gasteiger partial charge in [0.25, 0.3) is 5.91 Å². The van der Waals surface area contributed by atoms with Crippen LogP contribution in [0.4, 0.5) is 5.69 Å². The van der Waals surface area contributed by atoms with E-state index in [4.69, 9.17) is 9.47 Å². The molecule has 0 spiro atoms. The fraction of sp³-hybridized carbons (Fsp3) is 0.350. The van der Waals surface area contributed by atoms with E-state index in [1.54, 1.807) is 32.4 Å². The zero-order valence-corrected chi connectivity index (χ0v) is 15.3. The first-order valence-corrected chi connectivity index (χ1v) is 8.45. The van der Waals surface area contributed by atoms with Crippen molar-refractivity contribution in [2.75, 3.05) is 32.6 Å². The van der Waals surface area contributed by atoms with Gasteiger partial charge in [-0.1, -0.05) is 26.0 Å². The zero-order chi connectivity index (χ0) is 18.2. The molecule has 2 aromatic carbocycles. The Bertz CT molecular complexity index is 695. The number of carbonyl (C=O) groups is 1. The molecule has 0 aliphatic rings. The van der Waals surface area contributed by atoms with Gasteiger partial charge >= 0.3 is 0 Å². The summed E-state index contributed by atoms with van der Waals surface area (Å²) in [7, 11) is 3.12. The molecule has 0 atom stereocenters. The number of amides is 1. The molecule has 0 radical (unpaired) electrons. The highest BCUT2D eigenvalue weighted by Crippen LogP contribution is 2.27. The number of rotatable bonds is 8. The maximum absolute atomic E-state index is 12.4. The van der Waals surface area contributed by atoms with Gasteiger partial charge in [-0.2, -0.15) is 0 Å². The van der Waals surface area contributed by atoms with Crippen molar-refractivity contribution in [3.8, 4) is 11.5 Å². The van der Waals surface area contributed by atoms with Crippen molar-refractivity contribution >= 4 is 11.6 Å². The molecule has 0 heterocycles. The number of carbonyl (C=O) groups excluding carboxylic acids is 1. The minimum atomic E-state index is -0.183. The molecule has 0 saturated carbocycles. The van der Waals surface area contributed by atoms with Gasteiger partial charge in [-0.05, 0) is 49.0 Å². The van der Waals surface area contributed by atoms with Crippen LogP contribution in [0.25, 0.3) is 0 Å². The zero-order valence-electron chi connectivity index (χ0n) is 15.3. The highest BCUT2D eigenvalue weighted by molar-refractivity contribution is 6.04. The van der Waals surface area contributed by atoms with Crippen LogP contribution < -0.4 is 14.8 Å². The molecule has 1 N–H and O–H groups in total. The standard InChI is InChI=1S/C20H26N2O3/c1-5-22(6-2)14-15-7-10-17(11-8-15)21-20(23)16-9-12-18(24-3)19(13-16)25-4/h7-13H,5-6,14H2,1-4H3,(H,21,23). The monoisotopic (exact) mass is 342 g/mol. The number of hydrogen-bond acceptors (Lipinski definition) is 4. The average Bonchev–Trinajstić information content (AvgIpc) is 2.66. The van der Waals surface area contributed by atoms with E-state index < -0.39 is 0 Å². The number of nitrogens with one attached hydrogen (secondary N) is 1. The molecule has 0 saturated heterocycles. The van der Waals surface area contributed by atoms with E-state index in [1.165, 1.54) is 5.56 Å². The van der Waals surface area contributed by atoms with Crippen LogP contribution in [0.1, 0.15) is 29.8 Å². The lowest BCUT2D eigenvalue weighted by molar-refractivity contribution is 0.102. The van der Waals surface area contributed by atoms with Crippen LogP contribution in [-0.2, 0) is 6.54 Å². The van der Waals surface area contributed by atoms with Crippen LogP contribution in [0, 0.1) is 0 Å². The van der Waals surface area contributed by atoms with E-state index in [2.05, 4.69) is 24.1 Å². The molecule has 134 valence electrons. The second-order valence-corrected chi connectivity index (χ2v) is 5.68. The van der Waals surface area contributed by atoms with Gasteiger partial charge in [0.1, 0.15) is 0 Å². The third kappa shape index (κ3) is 4.97. The van der Waals surface area contributed by atoms with E-state index in [0.29, 0.717) is 17.1 Å². The first-order valence-electron chi connectivity index (χ1n) is 8.45. The summed E-state index contributed by atoms with van der Waals surface area (Å²) in [5, 5.41) is 2.91. The Morgan fingerprint density at radius 2 is 1.60 bits per heavy atom. The van der Waals surface area contributed by atoms with E-state index in [1.807, 2.05) is 24.3 Å². The van der Waals surface area contributed by atoms with Crippen molar-refractivity contribution in [2.45, 2.75) is 20.4 Å². The molecule has 0 bridgehead atoms. The largest absolute Gasteiger partial charge is 0.493 e. The Kier molecular flexibility index (Phi) is 6.83. The van der Waals surface area contributed by atoms with Gasteiger partial charge in [0.05, 0.1) is 14.2 Å². The van der Waals surface area contributed by atoms with Gasteiger partial charge in [0.15, 0.2) is 11.5 Å². The Hall–Kier alpha value is -2.53. The summed E-state index contributed by atoms with van der Waals surface area (Å²) in [6, 6.07) is 13.1. The summed E-state index contributed by atoms with van der Waals surface area (Å²) in [6.07, 6.45) is 0. The molecule has 5 nitrogen and oxygen atoms in total. The minimum Gasteiger partial charge on any atom is -0.493 e. The SMILES string of the molecule is CCN(CC)Cc1ccc(NC(=O)c2ccc(OC)c(OC)c2)cc1. The highest BCUT2D eigenvalue weighted by Gasteiger charge is 2.11. The van der Waals surface area contributed by atoms with Crippen molar-refractivity contribution in [3.05, 3.63) is 53.6 Å². The molecule has 0 aromatic heterocycles. The van der Waals surface area contributed by atoms with Crippen molar-refractivity contribution < 1.29 is 14.3 Å². The maximum Gasteiger partial charge on any atom is 0.255 e. The van der Waals surface area contributed by atoms with Crippen LogP contribution in [-0.4, -0.2) is 38.1 Å². The molecule has 0 unspecified atom stereocenters. The summed E-state index contributed by atoms with van der Waals surface area (Å²) >= 11 is 0. The van der Waals surface area contributed by atoms with Gasteiger partial charge in [-0.3, -0.25) is 9.69 Å². The molecule has 25 heavy (non-hydrogen) atoms. The lowest BCUT2D eigenvalue weighted by Gasteiger charge is -2.18. The Morgan fingerprint density at radius 3 is 2.16 bits per heavy atom. The number of anilines is 1. The Balaban J connectivity index is 2.05. The summed E-state index contributed by atoms with van der Waals surface area (Å²) in [5.41, 5.74) is 2.51. The average molecular weight is 342 g/mol. The molecule has 0 aliphatic heterocycles. The lowest BCUT2D eigenvalue weighted by Crippen LogP contribution is -2.22. The van der Waals surface area contributed by atoms with Crippen LogP contribution >= 0.6 is 0 Å². The molecule has 2 aromatic rings. The van der Waals surface area contributed by atoms with Gasteiger partial charge in [0.2, 0.25) is 0 Å². The second-order valence-electron chi connectivity index (χ2n) is 5.68. The van der Waals surface area contributed by atoms with Crippen LogP contribution in [0.5, 0.6) is 11.5 Å². The maximum atomic E-state index is 12.4. The third-order valence-corrected chi connectivity index (χ3v) is 4.16. The molecule has 2 rings (SSSR count). The van der Waals surface area contributed by atoms with Crippen LogP contribution in [0.3, 0.4) is 0 Å². The first kappa shape index (κ1) is 18.8. The second kappa shape index (κ2) is 9.08. The highest BCUT2D eigenvalue weighted by atomic mass is 16.5. The third-order valence-electron chi connectivity index (χ3n) is 4.16. The minimum absolute atomic E-state index is 0.183. The Morgan fingerprint density at radius 1 is 0.960 bits per heavy atom. The molecular formula is C20H26N2O3. The fourth-order valence-electron chi connectivity index (χ4n) is 2.58. The quantitative estimate of drug-likeness (QED) is 0.793. The van der Waals surface area contributed by atoms with Crippen molar-refractivity contribution in [3.63, 3.8) is 0 Å².